The summed E-state index contributed by atoms with van der Waals surface area (Å²) in [7, 11) is 2.06. The molecule has 0 aromatic carbocycles. The summed E-state index contributed by atoms with van der Waals surface area (Å²) in [4.78, 5) is 11.1. The van der Waals surface area contributed by atoms with Gasteiger partial charge in [0.25, 0.3) is 0 Å². The normalized spacial score (nSPS) is 16.0. The van der Waals surface area contributed by atoms with Crippen molar-refractivity contribution < 1.29 is 0 Å². The van der Waals surface area contributed by atoms with Gasteiger partial charge in [0.05, 0.1) is 0 Å². The zero-order valence-electron chi connectivity index (χ0n) is 11.2. The van der Waals surface area contributed by atoms with Crippen LogP contribution in [0.3, 0.4) is 0 Å². The Hall–Kier alpha value is -1.32. The van der Waals surface area contributed by atoms with E-state index in [0.717, 1.165) is 18.2 Å². The van der Waals surface area contributed by atoms with E-state index in [9.17, 15) is 0 Å². The smallest absolute Gasteiger partial charge is 0.136 e. The fraction of sp³-hybridized carbons (Fsp3) is 0.692. The highest BCUT2D eigenvalue weighted by atomic mass is 15.2. The summed E-state index contributed by atoms with van der Waals surface area (Å²) in [5, 5.41) is 0. The van der Waals surface area contributed by atoms with Gasteiger partial charge in [0.1, 0.15) is 17.5 Å². The van der Waals surface area contributed by atoms with Crippen LogP contribution in [-0.2, 0) is 0 Å². The SMILES string of the molecule is CN(CC(C)(C)C)c1cc(N)nc(C2CC2)n1. The number of anilines is 2. The highest BCUT2D eigenvalue weighted by molar-refractivity contribution is 5.47. The molecule has 0 atom stereocenters. The molecule has 1 heterocycles. The van der Waals surface area contributed by atoms with Gasteiger partial charge in [0.2, 0.25) is 0 Å². The molecule has 0 spiro atoms. The summed E-state index contributed by atoms with van der Waals surface area (Å²) >= 11 is 0. The van der Waals surface area contributed by atoms with Crippen molar-refractivity contribution in [3.05, 3.63) is 11.9 Å². The van der Waals surface area contributed by atoms with Gasteiger partial charge in [0.15, 0.2) is 0 Å². The first kappa shape index (κ1) is 12.1. The summed E-state index contributed by atoms with van der Waals surface area (Å²) in [5.41, 5.74) is 6.09. The Morgan fingerprint density at radius 3 is 2.53 bits per heavy atom. The van der Waals surface area contributed by atoms with Gasteiger partial charge < -0.3 is 10.6 Å². The highest BCUT2D eigenvalue weighted by Gasteiger charge is 2.27. The molecule has 0 amide bonds. The molecule has 0 aliphatic heterocycles. The van der Waals surface area contributed by atoms with E-state index in [1.807, 2.05) is 6.07 Å². The Bertz CT molecular complexity index is 404. The topological polar surface area (TPSA) is 55.0 Å². The number of nitrogen functional groups attached to an aromatic ring is 1. The molecule has 1 aliphatic rings. The Morgan fingerprint density at radius 2 is 2.00 bits per heavy atom. The fourth-order valence-electron chi connectivity index (χ4n) is 1.98. The number of rotatable bonds is 3. The molecule has 0 radical (unpaired) electrons. The van der Waals surface area contributed by atoms with Crippen LogP contribution in [0, 0.1) is 5.41 Å². The standard InChI is InChI=1S/C13H22N4/c1-13(2,3)8-17(4)11-7-10(14)15-12(16-11)9-5-6-9/h7,9H,5-6,8H2,1-4H3,(H2,14,15,16). The van der Waals surface area contributed by atoms with Crippen molar-refractivity contribution in [2.24, 2.45) is 5.41 Å². The molecule has 1 aromatic heterocycles. The maximum absolute atomic E-state index is 5.85. The van der Waals surface area contributed by atoms with E-state index in [2.05, 4.69) is 42.7 Å². The molecule has 1 fully saturated rings. The molecule has 2 rings (SSSR count). The summed E-state index contributed by atoms with van der Waals surface area (Å²) in [6.45, 7) is 7.61. The van der Waals surface area contributed by atoms with Crippen molar-refractivity contribution in [1.82, 2.24) is 9.97 Å². The van der Waals surface area contributed by atoms with Crippen molar-refractivity contribution in [2.75, 3.05) is 24.2 Å². The van der Waals surface area contributed by atoms with E-state index >= 15 is 0 Å². The third kappa shape index (κ3) is 3.32. The number of nitrogens with two attached hydrogens (primary N) is 1. The molecule has 1 saturated carbocycles. The second kappa shape index (κ2) is 4.17. The minimum atomic E-state index is 0.244. The molecular formula is C13H22N4. The maximum Gasteiger partial charge on any atom is 0.136 e. The van der Waals surface area contributed by atoms with Crippen LogP contribution in [0.15, 0.2) is 6.07 Å². The zero-order chi connectivity index (χ0) is 12.6. The van der Waals surface area contributed by atoms with Crippen LogP contribution in [0.5, 0.6) is 0 Å². The van der Waals surface area contributed by atoms with E-state index < -0.39 is 0 Å². The predicted octanol–water partition coefficient (Wildman–Crippen LogP) is 2.42. The number of aromatic nitrogens is 2. The lowest BCUT2D eigenvalue weighted by Gasteiger charge is -2.27. The lowest BCUT2D eigenvalue weighted by Crippen LogP contribution is -2.30. The molecule has 1 aromatic rings. The van der Waals surface area contributed by atoms with E-state index in [0.29, 0.717) is 11.7 Å². The van der Waals surface area contributed by atoms with Gasteiger partial charge >= 0.3 is 0 Å². The number of hydrogen-bond acceptors (Lipinski definition) is 4. The zero-order valence-corrected chi connectivity index (χ0v) is 11.2. The monoisotopic (exact) mass is 234 g/mol. The van der Waals surface area contributed by atoms with Crippen molar-refractivity contribution in [3.63, 3.8) is 0 Å². The van der Waals surface area contributed by atoms with Crippen molar-refractivity contribution >= 4 is 11.6 Å². The van der Waals surface area contributed by atoms with Crippen molar-refractivity contribution in [3.8, 4) is 0 Å². The first-order chi connectivity index (χ1) is 7.85. The van der Waals surface area contributed by atoms with Crippen LogP contribution in [0.1, 0.15) is 45.4 Å². The van der Waals surface area contributed by atoms with Crippen LogP contribution in [0.4, 0.5) is 11.6 Å². The van der Waals surface area contributed by atoms with Gasteiger partial charge in [-0.15, -0.1) is 0 Å². The van der Waals surface area contributed by atoms with Gasteiger partial charge in [-0.3, -0.25) is 0 Å². The molecule has 0 unspecified atom stereocenters. The summed E-state index contributed by atoms with van der Waals surface area (Å²) < 4.78 is 0. The minimum Gasteiger partial charge on any atom is -0.384 e. The van der Waals surface area contributed by atoms with Crippen LogP contribution >= 0.6 is 0 Å². The lowest BCUT2D eigenvalue weighted by molar-refractivity contribution is 0.417. The first-order valence-electron chi connectivity index (χ1n) is 6.21. The van der Waals surface area contributed by atoms with Gasteiger partial charge in [-0.1, -0.05) is 20.8 Å². The van der Waals surface area contributed by atoms with Crippen molar-refractivity contribution in [1.29, 1.82) is 0 Å². The Balaban J connectivity index is 2.19. The Morgan fingerprint density at radius 1 is 1.35 bits per heavy atom. The second-order valence-electron chi connectivity index (χ2n) is 6.20. The molecule has 4 nitrogen and oxygen atoms in total. The summed E-state index contributed by atoms with van der Waals surface area (Å²) in [5.74, 6) is 2.98. The average molecular weight is 234 g/mol. The van der Waals surface area contributed by atoms with Gasteiger partial charge in [0, 0.05) is 25.6 Å². The first-order valence-corrected chi connectivity index (χ1v) is 6.21. The van der Waals surface area contributed by atoms with E-state index in [1.165, 1.54) is 12.8 Å². The van der Waals surface area contributed by atoms with Gasteiger partial charge in [-0.2, -0.15) is 0 Å². The van der Waals surface area contributed by atoms with Gasteiger partial charge in [-0.05, 0) is 18.3 Å². The predicted molar refractivity (Wildman–Crippen MR) is 71.1 cm³/mol. The summed E-state index contributed by atoms with van der Waals surface area (Å²) in [6, 6.07) is 1.86. The molecule has 4 heteroatoms. The molecule has 0 bridgehead atoms. The second-order valence-corrected chi connectivity index (χ2v) is 6.20. The largest absolute Gasteiger partial charge is 0.384 e. The molecule has 17 heavy (non-hydrogen) atoms. The van der Waals surface area contributed by atoms with Crippen LogP contribution in [0.2, 0.25) is 0 Å². The highest BCUT2D eigenvalue weighted by Crippen LogP contribution is 2.38. The fourth-order valence-corrected chi connectivity index (χ4v) is 1.98. The van der Waals surface area contributed by atoms with Gasteiger partial charge in [-0.25, -0.2) is 9.97 Å². The lowest BCUT2D eigenvalue weighted by atomic mass is 9.96. The molecule has 2 N–H and O–H groups in total. The maximum atomic E-state index is 5.85. The third-order valence-electron chi connectivity index (χ3n) is 2.79. The van der Waals surface area contributed by atoms with Crippen molar-refractivity contribution in [2.45, 2.75) is 39.5 Å². The number of hydrogen-bond donors (Lipinski definition) is 1. The third-order valence-corrected chi connectivity index (χ3v) is 2.79. The van der Waals surface area contributed by atoms with E-state index in [-0.39, 0.29) is 5.41 Å². The minimum absolute atomic E-state index is 0.244. The Kier molecular flexibility index (Phi) is 2.98. The molecular weight excluding hydrogens is 212 g/mol. The average Bonchev–Trinajstić information content (AvgIpc) is 2.96. The van der Waals surface area contributed by atoms with Crippen LogP contribution < -0.4 is 10.6 Å². The van der Waals surface area contributed by atoms with E-state index in [1.54, 1.807) is 0 Å². The van der Waals surface area contributed by atoms with E-state index in [4.69, 9.17) is 5.73 Å². The Labute approximate surface area is 103 Å². The van der Waals surface area contributed by atoms with Crippen LogP contribution in [0.25, 0.3) is 0 Å². The summed E-state index contributed by atoms with van der Waals surface area (Å²) in [6.07, 6.45) is 2.40. The molecule has 94 valence electrons. The number of nitrogens with zero attached hydrogens (tertiary/aromatic N) is 3. The molecule has 0 saturated heterocycles. The van der Waals surface area contributed by atoms with Crippen LogP contribution in [-0.4, -0.2) is 23.6 Å². The molecule has 1 aliphatic carbocycles. The quantitative estimate of drug-likeness (QED) is 0.872.